The van der Waals surface area contributed by atoms with E-state index in [9.17, 15) is 9.18 Å². The molecule has 0 amide bonds. The Bertz CT molecular complexity index is 1160. The number of hydrogen-bond donors (Lipinski definition) is 1. The largest absolute Gasteiger partial charge is 0.460 e. The van der Waals surface area contributed by atoms with Crippen LogP contribution in [0.2, 0.25) is 15.2 Å². The van der Waals surface area contributed by atoms with E-state index in [0.29, 0.717) is 16.9 Å². The van der Waals surface area contributed by atoms with Gasteiger partial charge in [0.25, 0.3) is 0 Å². The summed E-state index contributed by atoms with van der Waals surface area (Å²) < 4.78 is 31.0. The highest BCUT2D eigenvalue weighted by atomic mass is 35.5. The highest BCUT2D eigenvalue weighted by Crippen LogP contribution is 2.38. The summed E-state index contributed by atoms with van der Waals surface area (Å²) in [6.45, 7) is -0.178. The molecule has 3 aromatic rings. The lowest BCUT2D eigenvalue weighted by Gasteiger charge is -2.28. The van der Waals surface area contributed by atoms with Crippen LogP contribution in [0, 0.1) is 5.82 Å². The summed E-state index contributed by atoms with van der Waals surface area (Å²) in [5, 5.41) is -0.443. The van der Waals surface area contributed by atoms with Crippen molar-refractivity contribution < 1.29 is 23.4 Å². The molecular weight excluding hydrogens is 470 g/mol. The summed E-state index contributed by atoms with van der Waals surface area (Å²) in [4.78, 5) is 16.3. The fourth-order valence-corrected chi connectivity index (χ4v) is 3.62. The molecule has 0 bridgehead atoms. The van der Waals surface area contributed by atoms with Crippen molar-refractivity contribution in [2.24, 2.45) is 0 Å². The molecule has 1 aliphatic heterocycles. The third-order valence-corrected chi connectivity index (χ3v) is 5.65. The minimum atomic E-state index is -0.903. The fourth-order valence-electron chi connectivity index (χ4n) is 3.04. The van der Waals surface area contributed by atoms with Crippen molar-refractivity contribution in [1.82, 2.24) is 4.98 Å². The van der Waals surface area contributed by atoms with Gasteiger partial charge in [0.15, 0.2) is 10.8 Å². The Kier molecular flexibility index (Phi) is 6.20. The lowest BCUT2D eigenvalue weighted by atomic mass is 10.1. The number of pyridine rings is 1. The molecule has 0 saturated heterocycles. The number of rotatable bonds is 4. The topological polar surface area (TPSA) is 83.7 Å². The van der Waals surface area contributed by atoms with E-state index in [2.05, 4.69) is 4.98 Å². The zero-order chi connectivity index (χ0) is 22.1. The van der Waals surface area contributed by atoms with E-state index in [1.807, 2.05) is 30.3 Å². The number of nitrogens with two attached hydrogens (primary N) is 1. The number of carbonyl (C=O) groups excluding carboxylic acids is 1. The van der Waals surface area contributed by atoms with Crippen LogP contribution < -0.4 is 10.5 Å². The summed E-state index contributed by atoms with van der Waals surface area (Å²) in [6.07, 6.45) is -0.681. The summed E-state index contributed by atoms with van der Waals surface area (Å²) in [6, 6.07) is 11.8. The molecule has 10 heteroatoms. The molecule has 2 aromatic carbocycles. The minimum Gasteiger partial charge on any atom is -0.460 e. The first-order chi connectivity index (χ1) is 14.8. The molecular formula is C21H14Cl3FN2O4. The van der Waals surface area contributed by atoms with Gasteiger partial charge in [0.2, 0.25) is 6.29 Å². The Morgan fingerprint density at radius 1 is 1.19 bits per heavy atom. The van der Waals surface area contributed by atoms with Crippen molar-refractivity contribution in [3.8, 4) is 5.75 Å². The minimum absolute atomic E-state index is 0.0669. The van der Waals surface area contributed by atoms with E-state index in [-0.39, 0.29) is 39.8 Å². The van der Waals surface area contributed by atoms with Crippen molar-refractivity contribution in [3.63, 3.8) is 0 Å². The van der Waals surface area contributed by atoms with Gasteiger partial charge in [0.05, 0.1) is 17.3 Å². The number of benzene rings is 2. The van der Waals surface area contributed by atoms with Gasteiger partial charge in [-0.05, 0) is 12.1 Å². The van der Waals surface area contributed by atoms with Gasteiger partial charge in [-0.1, -0.05) is 65.1 Å². The number of anilines is 1. The van der Waals surface area contributed by atoms with Crippen LogP contribution in [0.15, 0.2) is 42.5 Å². The third kappa shape index (κ3) is 4.41. The number of nitrogen functional groups attached to an aromatic ring is 1. The predicted octanol–water partition coefficient (Wildman–Crippen LogP) is 5.73. The van der Waals surface area contributed by atoms with Crippen molar-refractivity contribution in [1.29, 1.82) is 0 Å². The monoisotopic (exact) mass is 482 g/mol. The van der Waals surface area contributed by atoms with E-state index >= 15 is 0 Å². The van der Waals surface area contributed by atoms with Gasteiger partial charge < -0.3 is 19.9 Å². The van der Waals surface area contributed by atoms with Gasteiger partial charge in [0.1, 0.15) is 23.2 Å². The first-order valence-electron chi connectivity index (χ1n) is 8.96. The second-order valence-electron chi connectivity index (χ2n) is 6.59. The van der Waals surface area contributed by atoms with Gasteiger partial charge in [-0.2, -0.15) is 0 Å². The van der Waals surface area contributed by atoms with Crippen LogP contribution in [0.4, 0.5) is 10.1 Å². The summed E-state index contributed by atoms with van der Waals surface area (Å²) in [7, 11) is 0. The Morgan fingerprint density at radius 3 is 2.68 bits per heavy atom. The second-order valence-corrected chi connectivity index (χ2v) is 7.71. The summed E-state index contributed by atoms with van der Waals surface area (Å²) in [5.74, 6) is -1.05. The molecule has 0 saturated carbocycles. The SMILES string of the molecule is Nc1c(Cl)c(Cl)nc(C(=O)OCc2cc(F)cc3c2OC(c2ccccc2)OC3)c1Cl. The van der Waals surface area contributed by atoms with Crippen LogP contribution in [0.3, 0.4) is 0 Å². The molecule has 0 spiro atoms. The molecule has 1 aromatic heterocycles. The highest BCUT2D eigenvalue weighted by molar-refractivity contribution is 6.46. The maximum atomic E-state index is 14.1. The van der Waals surface area contributed by atoms with Crippen molar-refractivity contribution in [2.45, 2.75) is 19.5 Å². The smallest absolute Gasteiger partial charge is 0.358 e. The molecule has 6 nitrogen and oxygen atoms in total. The molecule has 2 heterocycles. The quantitative estimate of drug-likeness (QED) is 0.377. The zero-order valence-corrected chi connectivity index (χ0v) is 18.0. The number of halogens is 4. The van der Waals surface area contributed by atoms with Crippen LogP contribution in [0.25, 0.3) is 0 Å². The van der Waals surface area contributed by atoms with Crippen LogP contribution >= 0.6 is 34.8 Å². The lowest BCUT2D eigenvalue weighted by molar-refractivity contribution is -0.112. The van der Waals surface area contributed by atoms with E-state index < -0.39 is 18.1 Å². The number of carbonyl (C=O) groups is 1. The zero-order valence-electron chi connectivity index (χ0n) is 15.7. The number of ether oxygens (including phenoxy) is 3. The van der Waals surface area contributed by atoms with Crippen LogP contribution in [-0.2, 0) is 22.7 Å². The molecule has 0 aliphatic carbocycles. The van der Waals surface area contributed by atoms with Gasteiger partial charge in [0, 0.05) is 16.7 Å². The fraction of sp³-hybridized carbons (Fsp3) is 0.143. The Labute approximate surface area is 191 Å². The maximum absolute atomic E-state index is 14.1. The normalized spacial score (nSPS) is 15.2. The maximum Gasteiger partial charge on any atom is 0.358 e. The predicted molar refractivity (Wildman–Crippen MR) is 114 cm³/mol. The lowest BCUT2D eigenvalue weighted by Crippen LogP contribution is -2.20. The third-order valence-electron chi connectivity index (χ3n) is 4.52. The van der Waals surface area contributed by atoms with E-state index in [4.69, 9.17) is 54.7 Å². The van der Waals surface area contributed by atoms with E-state index in [1.165, 1.54) is 12.1 Å². The average Bonchev–Trinajstić information content (AvgIpc) is 2.78. The number of hydrogen-bond acceptors (Lipinski definition) is 6. The number of esters is 1. The standard InChI is InChI=1S/C21H14Cl3FN2O4/c22-14-16(26)15(23)19(24)27-17(14)20(28)29-8-11-6-13(25)7-12-9-30-21(31-18(11)12)10-4-2-1-3-5-10/h1-7,21H,8-9H2,(H2,26,27). The second kappa shape index (κ2) is 8.88. The van der Waals surface area contributed by atoms with Crippen LogP contribution in [0.5, 0.6) is 5.75 Å². The number of nitrogens with zero attached hydrogens (tertiary/aromatic N) is 1. The van der Waals surface area contributed by atoms with Crippen LogP contribution in [-0.4, -0.2) is 11.0 Å². The molecule has 1 atom stereocenters. The Morgan fingerprint density at radius 2 is 1.94 bits per heavy atom. The molecule has 2 N–H and O–H groups in total. The van der Waals surface area contributed by atoms with E-state index in [0.717, 1.165) is 5.56 Å². The molecule has 1 unspecified atom stereocenters. The Hall–Kier alpha value is -2.58. The van der Waals surface area contributed by atoms with Gasteiger partial charge >= 0.3 is 5.97 Å². The summed E-state index contributed by atoms with van der Waals surface area (Å²) >= 11 is 17.8. The first kappa shape index (κ1) is 21.6. The first-order valence-corrected chi connectivity index (χ1v) is 10.1. The Balaban J connectivity index is 1.58. The average molecular weight is 484 g/mol. The number of aromatic nitrogens is 1. The molecule has 160 valence electrons. The van der Waals surface area contributed by atoms with Gasteiger partial charge in [-0.25, -0.2) is 14.2 Å². The van der Waals surface area contributed by atoms with E-state index in [1.54, 1.807) is 0 Å². The summed E-state index contributed by atoms with van der Waals surface area (Å²) in [5.41, 5.74) is 6.94. The molecule has 4 rings (SSSR count). The molecule has 0 fully saturated rings. The number of fused-ring (bicyclic) bond motifs is 1. The van der Waals surface area contributed by atoms with Crippen molar-refractivity contribution >= 4 is 46.5 Å². The van der Waals surface area contributed by atoms with Crippen LogP contribution in [0.1, 0.15) is 33.5 Å². The molecule has 1 aliphatic rings. The highest BCUT2D eigenvalue weighted by Gasteiger charge is 2.27. The molecule has 0 radical (unpaired) electrons. The van der Waals surface area contributed by atoms with Gasteiger partial charge in [-0.3, -0.25) is 0 Å². The van der Waals surface area contributed by atoms with Gasteiger partial charge in [-0.15, -0.1) is 0 Å². The molecule has 31 heavy (non-hydrogen) atoms. The van der Waals surface area contributed by atoms with Crippen molar-refractivity contribution in [2.75, 3.05) is 5.73 Å². The van der Waals surface area contributed by atoms with Crippen molar-refractivity contribution in [3.05, 3.63) is 85.9 Å².